The third kappa shape index (κ3) is 4.09. The summed E-state index contributed by atoms with van der Waals surface area (Å²) < 4.78 is 26.6. The number of benzene rings is 2. The number of para-hydroxylation sites is 1. The van der Waals surface area contributed by atoms with Gasteiger partial charge in [0.25, 0.3) is 5.56 Å². The van der Waals surface area contributed by atoms with E-state index in [4.69, 9.17) is 0 Å². The normalized spacial score (nSPS) is 17.4. The fourth-order valence-electron chi connectivity index (χ4n) is 4.35. The van der Waals surface area contributed by atoms with Crippen LogP contribution in [0.25, 0.3) is 22.4 Å². The lowest BCUT2D eigenvalue weighted by Crippen LogP contribution is -2.36. The first-order valence-corrected chi connectivity index (χ1v) is 13.6. The first-order valence-electron chi connectivity index (χ1n) is 10.8. The Balaban J connectivity index is 1.54. The second-order valence-electron chi connectivity index (χ2n) is 8.52. The molecule has 1 saturated heterocycles. The molecule has 0 radical (unpaired) electrons. The van der Waals surface area contributed by atoms with Gasteiger partial charge in [0.05, 0.1) is 33.8 Å². The molecule has 5 rings (SSSR count). The van der Waals surface area contributed by atoms with Crippen molar-refractivity contribution in [2.75, 3.05) is 17.3 Å². The number of nitrogens with one attached hydrogen (secondary N) is 1. The maximum Gasteiger partial charge on any atom is 0.267 e. The number of carbonyl (C=O) groups excluding carboxylic acids is 1. The quantitative estimate of drug-likeness (QED) is 0.420. The zero-order chi connectivity index (χ0) is 24.0. The molecule has 1 aliphatic heterocycles. The Hall–Kier alpha value is -3.18. The van der Waals surface area contributed by atoms with Crippen LogP contribution in [0.3, 0.4) is 0 Å². The van der Waals surface area contributed by atoms with E-state index in [-0.39, 0.29) is 34.8 Å². The van der Waals surface area contributed by atoms with Crippen molar-refractivity contribution < 1.29 is 13.2 Å². The number of aromatic nitrogens is 4. The van der Waals surface area contributed by atoms with Gasteiger partial charge in [-0.2, -0.15) is 0 Å². The largest absolute Gasteiger partial charge is 0.352 e. The molecule has 11 heteroatoms. The smallest absolute Gasteiger partial charge is 0.267 e. The Bertz CT molecular complexity index is 1610. The van der Waals surface area contributed by atoms with Crippen molar-refractivity contribution in [1.82, 2.24) is 24.5 Å². The van der Waals surface area contributed by atoms with Crippen molar-refractivity contribution in [3.8, 4) is 5.69 Å². The number of thioether (sulfide) groups is 1. The highest BCUT2D eigenvalue weighted by Gasteiger charge is 2.29. The first kappa shape index (κ1) is 22.6. The number of fused-ring (bicyclic) bond motifs is 3. The fourth-order valence-corrected chi connectivity index (χ4v) is 6.78. The average Bonchev–Trinajstić information content (AvgIpc) is 3.36. The van der Waals surface area contributed by atoms with Gasteiger partial charge in [0.1, 0.15) is 0 Å². The molecule has 0 saturated carbocycles. The Kier molecular flexibility index (Phi) is 5.68. The van der Waals surface area contributed by atoms with Gasteiger partial charge in [-0.1, -0.05) is 41.6 Å². The van der Waals surface area contributed by atoms with E-state index in [0.717, 1.165) is 16.8 Å². The number of rotatable bonds is 5. The molecule has 34 heavy (non-hydrogen) atoms. The van der Waals surface area contributed by atoms with Crippen molar-refractivity contribution in [3.63, 3.8) is 0 Å². The first-order chi connectivity index (χ1) is 16.2. The topological polar surface area (TPSA) is 115 Å². The highest BCUT2D eigenvalue weighted by atomic mass is 32.2. The van der Waals surface area contributed by atoms with Gasteiger partial charge in [-0.3, -0.25) is 14.0 Å². The summed E-state index contributed by atoms with van der Waals surface area (Å²) in [5, 5.41) is 12.4. The zero-order valence-electron chi connectivity index (χ0n) is 18.7. The van der Waals surface area contributed by atoms with E-state index in [1.807, 2.05) is 50.2 Å². The Morgan fingerprint density at radius 2 is 1.97 bits per heavy atom. The Labute approximate surface area is 200 Å². The molecule has 0 bridgehead atoms. The van der Waals surface area contributed by atoms with Crippen LogP contribution in [0.5, 0.6) is 0 Å². The third-order valence-corrected chi connectivity index (χ3v) is 8.61. The molecule has 1 atom stereocenters. The molecule has 176 valence electrons. The van der Waals surface area contributed by atoms with Gasteiger partial charge in [0, 0.05) is 6.04 Å². The molecule has 4 aromatic rings. The minimum Gasteiger partial charge on any atom is -0.352 e. The predicted molar refractivity (Wildman–Crippen MR) is 131 cm³/mol. The molecule has 9 nitrogen and oxygen atoms in total. The van der Waals surface area contributed by atoms with Gasteiger partial charge in [-0.15, -0.1) is 10.2 Å². The zero-order valence-corrected chi connectivity index (χ0v) is 20.3. The summed E-state index contributed by atoms with van der Waals surface area (Å²) in [6.45, 7) is 3.94. The summed E-state index contributed by atoms with van der Waals surface area (Å²) in [7, 11) is -3.07. The van der Waals surface area contributed by atoms with Crippen LogP contribution in [0.15, 0.2) is 52.4 Å². The molecule has 0 spiro atoms. The van der Waals surface area contributed by atoms with Crippen LogP contribution in [0.1, 0.15) is 17.5 Å². The maximum atomic E-state index is 13.5. The number of sulfone groups is 1. The minimum absolute atomic E-state index is 0.0237. The maximum absolute atomic E-state index is 13.5. The third-order valence-electron chi connectivity index (χ3n) is 5.92. The molecule has 1 fully saturated rings. The van der Waals surface area contributed by atoms with Crippen LogP contribution in [-0.2, 0) is 14.6 Å². The molecule has 2 aromatic heterocycles. The summed E-state index contributed by atoms with van der Waals surface area (Å²) in [5.74, 6) is 0.219. The molecule has 3 heterocycles. The van der Waals surface area contributed by atoms with E-state index in [2.05, 4.69) is 15.5 Å². The van der Waals surface area contributed by atoms with Crippen LogP contribution < -0.4 is 10.9 Å². The number of carbonyl (C=O) groups is 1. The summed E-state index contributed by atoms with van der Waals surface area (Å²) in [4.78, 5) is 25.9. The second-order valence-corrected chi connectivity index (χ2v) is 11.7. The van der Waals surface area contributed by atoms with Crippen molar-refractivity contribution >= 4 is 44.2 Å². The van der Waals surface area contributed by atoms with E-state index in [1.165, 1.54) is 11.8 Å². The Morgan fingerprint density at radius 1 is 1.18 bits per heavy atom. The van der Waals surface area contributed by atoms with Crippen molar-refractivity contribution in [1.29, 1.82) is 0 Å². The molecular weight excluding hydrogens is 474 g/mol. The van der Waals surface area contributed by atoms with Crippen molar-refractivity contribution in [2.24, 2.45) is 0 Å². The average molecular weight is 498 g/mol. The van der Waals surface area contributed by atoms with E-state index < -0.39 is 9.84 Å². The number of amides is 1. The number of hydrogen-bond acceptors (Lipinski definition) is 7. The summed E-state index contributed by atoms with van der Waals surface area (Å²) >= 11 is 1.19. The van der Waals surface area contributed by atoms with Crippen LogP contribution in [0.2, 0.25) is 0 Å². The van der Waals surface area contributed by atoms with E-state index >= 15 is 0 Å². The predicted octanol–water partition coefficient (Wildman–Crippen LogP) is 2.05. The molecule has 1 N–H and O–H groups in total. The van der Waals surface area contributed by atoms with Crippen LogP contribution in [0, 0.1) is 13.8 Å². The van der Waals surface area contributed by atoms with Crippen LogP contribution >= 0.6 is 11.8 Å². The van der Waals surface area contributed by atoms with Gasteiger partial charge in [-0.05, 0) is 44.0 Å². The van der Waals surface area contributed by atoms with Gasteiger partial charge in [0.2, 0.25) is 11.7 Å². The van der Waals surface area contributed by atoms with E-state index in [0.29, 0.717) is 28.3 Å². The molecule has 0 aliphatic carbocycles. The Morgan fingerprint density at radius 3 is 2.71 bits per heavy atom. The van der Waals surface area contributed by atoms with Crippen molar-refractivity contribution in [2.45, 2.75) is 31.5 Å². The molecule has 2 aromatic carbocycles. The highest BCUT2D eigenvalue weighted by Crippen LogP contribution is 2.24. The van der Waals surface area contributed by atoms with Crippen LogP contribution in [-0.4, -0.2) is 56.8 Å². The highest BCUT2D eigenvalue weighted by molar-refractivity contribution is 7.99. The number of hydrogen-bond donors (Lipinski definition) is 1. The summed E-state index contributed by atoms with van der Waals surface area (Å²) in [6, 6.07) is 12.7. The van der Waals surface area contributed by atoms with E-state index in [9.17, 15) is 18.0 Å². The lowest BCUT2D eigenvalue weighted by atomic mass is 10.1. The molecule has 1 unspecified atom stereocenters. The van der Waals surface area contributed by atoms with Crippen molar-refractivity contribution in [3.05, 3.63) is 63.9 Å². The van der Waals surface area contributed by atoms with Gasteiger partial charge >= 0.3 is 0 Å². The van der Waals surface area contributed by atoms with Gasteiger partial charge in [0.15, 0.2) is 15.0 Å². The monoisotopic (exact) mass is 497 g/mol. The number of aryl methyl sites for hydroxylation is 2. The molecular formula is C23H23N5O4S2. The van der Waals surface area contributed by atoms with Crippen LogP contribution in [0.4, 0.5) is 0 Å². The lowest BCUT2D eigenvalue weighted by molar-refractivity contribution is -0.119. The molecule has 1 amide bonds. The van der Waals surface area contributed by atoms with E-state index in [1.54, 1.807) is 15.0 Å². The minimum atomic E-state index is -3.07. The van der Waals surface area contributed by atoms with Gasteiger partial charge in [-0.25, -0.2) is 13.0 Å². The second kappa shape index (κ2) is 8.55. The summed E-state index contributed by atoms with van der Waals surface area (Å²) in [5.41, 5.74) is 3.19. The summed E-state index contributed by atoms with van der Waals surface area (Å²) in [6.07, 6.45) is 0.430. The van der Waals surface area contributed by atoms with Gasteiger partial charge < -0.3 is 5.32 Å². The number of nitrogens with zero attached hydrogens (tertiary/aromatic N) is 4. The fraction of sp³-hybridized carbons (Fsp3) is 0.304. The standard InChI is InChI=1S/C23H23N5O4S2/c1-14-7-8-18(15(2)11-14)27-21(30)17-5-3-4-6-19(17)28-22(27)25-26-23(28)33-12-20(29)24-16-9-10-34(31,32)13-16/h3-8,11,16H,9-10,12-13H2,1-2H3,(H,24,29). The lowest BCUT2D eigenvalue weighted by Gasteiger charge is -2.14. The SMILES string of the molecule is Cc1ccc(-n2c(=O)c3ccccc3n3c(SCC(=O)NC4CCS(=O)(=O)C4)nnc23)c(C)c1. The molecule has 1 aliphatic rings.